The summed E-state index contributed by atoms with van der Waals surface area (Å²) < 4.78 is 25.9. The van der Waals surface area contributed by atoms with Crippen molar-refractivity contribution in [1.29, 1.82) is 0 Å². The Kier molecular flexibility index (Phi) is 6.17. The van der Waals surface area contributed by atoms with Crippen LogP contribution in [0.25, 0.3) is 0 Å². The van der Waals surface area contributed by atoms with E-state index < -0.39 is 39.2 Å². The Balaban J connectivity index is 1.63. The molecule has 0 unspecified atom stereocenters. The average molecular weight is 438 g/mol. The number of benzene rings is 1. The van der Waals surface area contributed by atoms with Gasteiger partial charge in [0.1, 0.15) is 6.54 Å². The molecule has 3 rings (SSSR count). The Labute approximate surface area is 173 Å². The van der Waals surface area contributed by atoms with E-state index in [4.69, 9.17) is 0 Å². The largest absolute Gasteiger partial charge is 0.338 e. The number of nitro benzene ring substituents is 1. The molecule has 0 saturated carbocycles. The minimum absolute atomic E-state index is 0.0187. The highest BCUT2D eigenvalue weighted by Gasteiger charge is 2.39. The number of piperazine rings is 1. The first kappa shape index (κ1) is 21.8. The molecule has 2 aliphatic heterocycles. The zero-order valence-corrected chi connectivity index (χ0v) is 17.3. The van der Waals surface area contributed by atoms with E-state index >= 15 is 0 Å². The van der Waals surface area contributed by atoms with Crippen LogP contribution in [0.5, 0.6) is 0 Å². The SMILES string of the molecule is CCCCS(=O)(=O)N1CCN(C(=O)CN2C(=O)c3ccc([N+](=O)[O-])cc3C2=O)CC1. The summed E-state index contributed by atoms with van der Waals surface area (Å²) in [6, 6.07) is 3.37. The van der Waals surface area contributed by atoms with Crippen molar-refractivity contribution in [1.82, 2.24) is 14.1 Å². The van der Waals surface area contributed by atoms with Gasteiger partial charge in [0, 0.05) is 38.3 Å². The third kappa shape index (κ3) is 4.19. The van der Waals surface area contributed by atoms with Gasteiger partial charge in [-0.1, -0.05) is 13.3 Å². The fourth-order valence-electron chi connectivity index (χ4n) is 3.44. The number of nitrogens with zero attached hydrogens (tertiary/aromatic N) is 4. The molecule has 162 valence electrons. The van der Waals surface area contributed by atoms with Crippen LogP contribution in [-0.2, 0) is 14.8 Å². The van der Waals surface area contributed by atoms with Gasteiger partial charge in [0.2, 0.25) is 15.9 Å². The van der Waals surface area contributed by atoms with Crippen LogP contribution < -0.4 is 0 Å². The van der Waals surface area contributed by atoms with Gasteiger partial charge in [-0.05, 0) is 12.5 Å². The van der Waals surface area contributed by atoms with Crippen molar-refractivity contribution in [3.05, 3.63) is 39.4 Å². The number of amides is 3. The summed E-state index contributed by atoms with van der Waals surface area (Å²) in [6.07, 6.45) is 1.33. The van der Waals surface area contributed by atoms with Crippen molar-refractivity contribution in [3.8, 4) is 0 Å². The predicted octanol–water partition coefficient (Wildman–Crippen LogP) is 0.465. The van der Waals surface area contributed by atoms with Crippen molar-refractivity contribution in [2.75, 3.05) is 38.5 Å². The van der Waals surface area contributed by atoms with Crippen LogP contribution in [0.15, 0.2) is 18.2 Å². The normalized spacial score (nSPS) is 17.4. The first-order chi connectivity index (χ1) is 14.2. The molecule has 12 heteroatoms. The molecule has 0 N–H and O–H groups in total. The molecular weight excluding hydrogens is 416 g/mol. The minimum atomic E-state index is -3.36. The van der Waals surface area contributed by atoms with Gasteiger partial charge in [-0.25, -0.2) is 8.42 Å². The summed E-state index contributed by atoms with van der Waals surface area (Å²) in [7, 11) is -3.36. The number of imide groups is 1. The molecule has 0 atom stereocenters. The molecule has 11 nitrogen and oxygen atoms in total. The topological polar surface area (TPSA) is 138 Å². The number of non-ortho nitro benzene ring substituents is 1. The Bertz CT molecular complexity index is 1000. The molecule has 1 saturated heterocycles. The molecule has 2 aliphatic rings. The summed E-state index contributed by atoms with van der Waals surface area (Å²) in [5.41, 5.74) is -0.400. The van der Waals surface area contributed by atoms with E-state index in [2.05, 4.69) is 0 Å². The molecule has 0 aromatic heterocycles. The van der Waals surface area contributed by atoms with E-state index in [0.717, 1.165) is 23.5 Å². The predicted molar refractivity (Wildman–Crippen MR) is 105 cm³/mol. The van der Waals surface area contributed by atoms with Gasteiger partial charge in [0.25, 0.3) is 17.5 Å². The maximum Gasteiger partial charge on any atom is 0.270 e. The van der Waals surface area contributed by atoms with Crippen LogP contribution >= 0.6 is 0 Å². The molecular formula is C18H22N4O7S. The summed E-state index contributed by atoms with van der Waals surface area (Å²) in [5.74, 6) is -1.85. The highest BCUT2D eigenvalue weighted by Crippen LogP contribution is 2.26. The van der Waals surface area contributed by atoms with Gasteiger partial charge in [-0.15, -0.1) is 0 Å². The maximum atomic E-state index is 12.6. The van der Waals surface area contributed by atoms with Crippen LogP contribution in [0.1, 0.15) is 40.5 Å². The second-order valence-electron chi connectivity index (χ2n) is 7.13. The van der Waals surface area contributed by atoms with Gasteiger partial charge >= 0.3 is 0 Å². The average Bonchev–Trinajstić information content (AvgIpc) is 2.96. The molecule has 0 aliphatic carbocycles. The zero-order chi connectivity index (χ0) is 22.1. The molecule has 1 aromatic rings. The molecule has 1 fully saturated rings. The monoisotopic (exact) mass is 438 g/mol. The molecule has 0 radical (unpaired) electrons. The smallest absolute Gasteiger partial charge is 0.270 e. The van der Waals surface area contributed by atoms with Gasteiger partial charge < -0.3 is 4.90 Å². The number of fused-ring (bicyclic) bond motifs is 1. The highest BCUT2D eigenvalue weighted by atomic mass is 32.2. The molecule has 3 amide bonds. The number of unbranched alkanes of at least 4 members (excludes halogenated alkanes) is 1. The van der Waals surface area contributed by atoms with E-state index in [-0.39, 0.29) is 48.7 Å². The molecule has 30 heavy (non-hydrogen) atoms. The summed E-state index contributed by atoms with van der Waals surface area (Å²) in [4.78, 5) is 50.0. The van der Waals surface area contributed by atoms with E-state index in [9.17, 15) is 32.9 Å². The van der Waals surface area contributed by atoms with Crippen LogP contribution in [-0.4, -0.2) is 83.6 Å². The number of carbonyl (C=O) groups excluding carboxylic acids is 3. The zero-order valence-electron chi connectivity index (χ0n) is 16.4. The number of nitro groups is 1. The Morgan fingerprint density at radius 1 is 1.10 bits per heavy atom. The fraction of sp³-hybridized carbons (Fsp3) is 0.500. The molecule has 2 heterocycles. The Hall–Kier alpha value is -2.86. The van der Waals surface area contributed by atoms with Crippen molar-refractivity contribution in [2.24, 2.45) is 0 Å². The maximum absolute atomic E-state index is 12.6. The first-order valence-electron chi connectivity index (χ1n) is 9.56. The standard InChI is InChI=1S/C18H22N4O7S/c1-2-3-10-30(28,29)20-8-6-19(7-9-20)16(23)12-21-17(24)14-5-4-13(22(26)27)11-15(14)18(21)25/h4-5,11H,2-3,6-10,12H2,1H3. The van der Waals surface area contributed by atoms with Crippen molar-refractivity contribution < 1.29 is 27.7 Å². The lowest BCUT2D eigenvalue weighted by atomic mass is 10.1. The first-order valence-corrected chi connectivity index (χ1v) is 11.2. The lowest BCUT2D eigenvalue weighted by Crippen LogP contribution is -2.53. The molecule has 1 aromatic carbocycles. The second kappa shape index (κ2) is 8.48. The highest BCUT2D eigenvalue weighted by molar-refractivity contribution is 7.89. The van der Waals surface area contributed by atoms with Crippen molar-refractivity contribution in [3.63, 3.8) is 0 Å². The summed E-state index contributed by atoms with van der Waals surface area (Å²) >= 11 is 0. The van der Waals surface area contributed by atoms with Gasteiger partial charge in [-0.3, -0.25) is 29.4 Å². The van der Waals surface area contributed by atoms with Gasteiger partial charge in [-0.2, -0.15) is 4.31 Å². The fourth-order valence-corrected chi connectivity index (χ4v) is 5.07. The number of carbonyl (C=O) groups is 3. The van der Waals surface area contributed by atoms with E-state index in [1.54, 1.807) is 0 Å². The van der Waals surface area contributed by atoms with Crippen LogP contribution in [0.3, 0.4) is 0 Å². The van der Waals surface area contributed by atoms with Crippen LogP contribution in [0.2, 0.25) is 0 Å². The molecule has 0 bridgehead atoms. The number of hydrogen-bond donors (Lipinski definition) is 0. The van der Waals surface area contributed by atoms with E-state index in [1.165, 1.54) is 15.3 Å². The number of hydrogen-bond acceptors (Lipinski definition) is 7. The van der Waals surface area contributed by atoms with E-state index in [1.807, 2.05) is 6.92 Å². The number of sulfonamides is 1. The van der Waals surface area contributed by atoms with Crippen molar-refractivity contribution >= 4 is 33.4 Å². The van der Waals surface area contributed by atoms with Crippen molar-refractivity contribution in [2.45, 2.75) is 19.8 Å². The molecule has 0 spiro atoms. The third-order valence-corrected chi connectivity index (χ3v) is 7.16. The summed E-state index contributed by atoms with van der Waals surface area (Å²) in [5, 5.41) is 10.9. The third-order valence-electron chi connectivity index (χ3n) is 5.20. The minimum Gasteiger partial charge on any atom is -0.338 e. The van der Waals surface area contributed by atoms with Gasteiger partial charge in [0.05, 0.1) is 21.8 Å². The van der Waals surface area contributed by atoms with E-state index in [0.29, 0.717) is 6.42 Å². The van der Waals surface area contributed by atoms with Crippen LogP contribution in [0.4, 0.5) is 5.69 Å². The Morgan fingerprint density at radius 3 is 2.33 bits per heavy atom. The quantitative estimate of drug-likeness (QED) is 0.342. The lowest BCUT2D eigenvalue weighted by Gasteiger charge is -2.34. The second-order valence-corrected chi connectivity index (χ2v) is 9.22. The van der Waals surface area contributed by atoms with Gasteiger partial charge in [0.15, 0.2) is 0 Å². The summed E-state index contributed by atoms with van der Waals surface area (Å²) in [6.45, 7) is 2.06. The lowest BCUT2D eigenvalue weighted by molar-refractivity contribution is -0.384. The Morgan fingerprint density at radius 2 is 1.73 bits per heavy atom. The van der Waals surface area contributed by atoms with Crippen LogP contribution in [0, 0.1) is 10.1 Å². The number of rotatable bonds is 7.